The van der Waals surface area contributed by atoms with Crippen molar-refractivity contribution >= 4 is 39.3 Å². The monoisotopic (exact) mass is 463 g/mol. The summed E-state index contributed by atoms with van der Waals surface area (Å²) >= 11 is 0. The molecule has 1 fully saturated rings. The fourth-order valence-electron chi connectivity index (χ4n) is 3.51. The number of carbonyl (C=O) groups excluding carboxylic acids is 2. The number of benzene rings is 3. The smallest absolute Gasteiger partial charge is 0.263 e. The van der Waals surface area contributed by atoms with E-state index >= 15 is 0 Å². The number of primary sulfonamides is 1. The highest BCUT2D eigenvalue weighted by molar-refractivity contribution is 7.89. The molecule has 3 aromatic carbocycles. The van der Waals surface area contributed by atoms with Crippen LogP contribution in [0.25, 0.3) is 6.08 Å². The van der Waals surface area contributed by atoms with Gasteiger partial charge in [-0.1, -0.05) is 30.3 Å². The molecule has 1 heterocycles. The van der Waals surface area contributed by atoms with Crippen LogP contribution in [-0.2, 0) is 19.6 Å². The van der Waals surface area contributed by atoms with Gasteiger partial charge in [0, 0.05) is 5.69 Å². The van der Waals surface area contributed by atoms with Crippen LogP contribution in [0, 0.1) is 0 Å². The van der Waals surface area contributed by atoms with Crippen LogP contribution in [0.1, 0.15) is 5.56 Å². The number of sulfonamides is 1. The zero-order chi connectivity index (χ0) is 23.6. The molecule has 0 saturated carbocycles. The van der Waals surface area contributed by atoms with Gasteiger partial charge in [-0.3, -0.25) is 9.59 Å². The molecule has 1 aliphatic rings. The van der Waals surface area contributed by atoms with Crippen LogP contribution in [0.2, 0.25) is 0 Å². The summed E-state index contributed by atoms with van der Waals surface area (Å²) in [5.41, 5.74) is 1.90. The van der Waals surface area contributed by atoms with E-state index in [1.54, 1.807) is 30.3 Å². The molecule has 0 spiro atoms. The minimum Gasteiger partial charge on any atom is -0.497 e. The predicted molar refractivity (Wildman–Crippen MR) is 125 cm³/mol. The molecule has 1 aliphatic heterocycles. The van der Waals surface area contributed by atoms with Gasteiger partial charge in [-0.05, 0) is 60.2 Å². The third-order valence-corrected chi connectivity index (χ3v) is 6.10. The number of amides is 2. The van der Waals surface area contributed by atoms with E-state index in [9.17, 15) is 18.0 Å². The maximum Gasteiger partial charge on any atom is 0.263 e. The highest BCUT2D eigenvalue weighted by Gasteiger charge is 2.44. The summed E-state index contributed by atoms with van der Waals surface area (Å²) < 4.78 is 28.2. The Balaban J connectivity index is 1.72. The average molecular weight is 464 g/mol. The molecule has 33 heavy (non-hydrogen) atoms. The largest absolute Gasteiger partial charge is 0.497 e. The van der Waals surface area contributed by atoms with Crippen LogP contribution in [0.15, 0.2) is 89.3 Å². The second kappa shape index (κ2) is 8.89. The molecule has 3 N–H and O–H groups in total. The fraction of sp³-hybridized carbons (Fsp3) is 0.0833. The second-order valence-corrected chi connectivity index (χ2v) is 8.90. The lowest BCUT2D eigenvalue weighted by Crippen LogP contribution is -2.34. The number of nitrogens with zero attached hydrogens (tertiary/aromatic N) is 1. The lowest BCUT2D eigenvalue weighted by atomic mass is 10.1. The van der Waals surface area contributed by atoms with Gasteiger partial charge in [-0.15, -0.1) is 0 Å². The van der Waals surface area contributed by atoms with Crippen molar-refractivity contribution in [2.24, 2.45) is 5.14 Å². The van der Waals surface area contributed by atoms with E-state index < -0.39 is 27.9 Å². The van der Waals surface area contributed by atoms with E-state index in [2.05, 4.69) is 5.32 Å². The van der Waals surface area contributed by atoms with Gasteiger partial charge in [-0.25, -0.2) is 18.5 Å². The van der Waals surface area contributed by atoms with Gasteiger partial charge in [0.25, 0.3) is 11.8 Å². The molecule has 3 aromatic rings. The first kappa shape index (κ1) is 22.3. The number of methoxy groups -OCH3 is 1. The number of hydrogen-bond acceptors (Lipinski definition) is 6. The number of rotatable bonds is 6. The molecule has 1 atom stereocenters. The topological polar surface area (TPSA) is 119 Å². The summed E-state index contributed by atoms with van der Waals surface area (Å²) in [6.45, 7) is 0. The maximum absolute atomic E-state index is 13.4. The molecule has 8 nitrogen and oxygen atoms in total. The Hall–Kier alpha value is -3.95. The summed E-state index contributed by atoms with van der Waals surface area (Å²) in [6, 6.07) is 20.5. The van der Waals surface area contributed by atoms with Crippen molar-refractivity contribution in [3.05, 3.63) is 90.0 Å². The van der Waals surface area contributed by atoms with Crippen molar-refractivity contribution in [2.75, 3.05) is 17.3 Å². The Labute approximate surface area is 191 Å². The highest BCUT2D eigenvalue weighted by atomic mass is 32.2. The van der Waals surface area contributed by atoms with Crippen LogP contribution in [-0.4, -0.2) is 33.4 Å². The van der Waals surface area contributed by atoms with Gasteiger partial charge >= 0.3 is 0 Å². The van der Waals surface area contributed by atoms with Crippen molar-refractivity contribution in [3.8, 4) is 5.75 Å². The van der Waals surface area contributed by atoms with Crippen molar-refractivity contribution < 1.29 is 22.7 Å². The molecule has 0 radical (unpaired) electrons. The third kappa shape index (κ3) is 4.64. The van der Waals surface area contributed by atoms with Crippen LogP contribution in [0.4, 0.5) is 11.4 Å². The van der Waals surface area contributed by atoms with E-state index in [1.807, 2.05) is 30.3 Å². The number of imide groups is 1. The minimum absolute atomic E-state index is 0.0539. The zero-order valence-corrected chi connectivity index (χ0v) is 18.5. The molecule has 168 valence electrons. The Morgan fingerprint density at radius 3 is 2.15 bits per heavy atom. The number of anilines is 2. The number of hydrogen-bond donors (Lipinski definition) is 2. The fourth-order valence-corrected chi connectivity index (χ4v) is 4.03. The first-order valence-electron chi connectivity index (χ1n) is 9.96. The molecular formula is C24H21N3O5S. The van der Waals surface area contributed by atoms with E-state index in [1.165, 1.54) is 31.4 Å². The maximum atomic E-state index is 13.4. The van der Waals surface area contributed by atoms with Crippen LogP contribution < -0.4 is 20.1 Å². The van der Waals surface area contributed by atoms with Crippen molar-refractivity contribution in [3.63, 3.8) is 0 Å². The number of ether oxygens (including phenoxy) is 1. The second-order valence-electron chi connectivity index (χ2n) is 7.33. The summed E-state index contributed by atoms with van der Waals surface area (Å²) in [5, 5.41) is 8.20. The first-order chi connectivity index (χ1) is 15.8. The van der Waals surface area contributed by atoms with Gasteiger partial charge in [0.2, 0.25) is 10.0 Å². The van der Waals surface area contributed by atoms with E-state index in [0.29, 0.717) is 17.1 Å². The van der Waals surface area contributed by atoms with E-state index in [0.717, 1.165) is 10.5 Å². The van der Waals surface area contributed by atoms with Gasteiger partial charge in [0.15, 0.2) is 0 Å². The third-order valence-electron chi connectivity index (χ3n) is 5.17. The molecule has 1 saturated heterocycles. The van der Waals surface area contributed by atoms with Crippen molar-refractivity contribution in [2.45, 2.75) is 10.9 Å². The number of carbonyl (C=O) groups is 2. The number of nitrogens with two attached hydrogens (primary N) is 1. The molecule has 4 rings (SSSR count). The van der Waals surface area contributed by atoms with Gasteiger partial charge in [-0.2, -0.15) is 0 Å². The van der Waals surface area contributed by atoms with Gasteiger partial charge in [0.1, 0.15) is 11.8 Å². The predicted octanol–water partition coefficient (Wildman–Crippen LogP) is 2.78. The molecule has 0 bridgehead atoms. The Morgan fingerprint density at radius 1 is 0.939 bits per heavy atom. The number of nitrogens with one attached hydrogen (secondary N) is 1. The summed E-state index contributed by atoms with van der Waals surface area (Å²) in [4.78, 5) is 27.7. The molecule has 0 aliphatic carbocycles. The summed E-state index contributed by atoms with van der Waals surface area (Å²) in [5.74, 6) is -0.307. The van der Waals surface area contributed by atoms with E-state index in [-0.39, 0.29) is 10.5 Å². The van der Waals surface area contributed by atoms with Gasteiger partial charge < -0.3 is 10.1 Å². The van der Waals surface area contributed by atoms with Crippen LogP contribution in [0.5, 0.6) is 5.75 Å². The van der Waals surface area contributed by atoms with E-state index in [4.69, 9.17) is 9.88 Å². The molecular weight excluding hydrogens is 442 g/mol. The molecule has 9 heteroatoms. The van der Waals surface area contributed by atoms with Crippen molar-refractivity contribution in [1.29, 1.82) is 0 Å². The summed E-state index contributed by atoms with van der Waals surface area (Å²) in [6.07, 6.45) is 1.67. The Kier molecular flexibility index (Phi) is 5.99. The van der Waals surface area contributed by atoms with Crippen LogP contribution in [0.3, 0.4) is 0 Å². The zero-order valence-electron chi connectivity index (χ0n) is 17.6. The molecule has 0 aromatic heterocycles. The lowest BCUT2D eigenvalue weighted by molar-refractivity contribution is -0.121. The first-order valence-corrected chi connectivity index (χ1v) is 11.5. The van der Waals surface area contributed by atoms with Crippen molar-refractivity contribution in [1.82, 2.24) is 0 Å². The van der Waals surface area contributed by atoms with Crippen LogP contribution >= 0.6 is 0 Å². The minimum atomic E-state index is -3.85. The summed E-state index contributed by atoms with van der Waals surface area (Å²) in [7, 11) is -2.32. The normalized spacial score (nSPS) is 17.5. The Morgan fingerprint density at radius 2 is 1.58 bits per heavy atom. The quantitative estimate of drug-likeness (QED) is 0.429. The SMILES string of the molecule is COc1ccc(N2C(=O)C(=Cc3ccccc3)C(Nc3ccc(S(N)(=O)=O)cc3)C2=O)cc1. The molecule has 2 amide bonds. The lowest BCUT2D eigenvalue weighted by Gasteiger charge is -2.16. The van der Waals surface area contributed by atoms with Gasteiger partial charge in [0.05, 0.1) is 23.3 Å². The Bertz CT molecular complexity index is 1320. The average Bonchev–Trinajstić information content (AvgIpc) is 3.03. The molecule has 1 unspecified atom stereocenters. The highest BCUT2D eigenvalue weighted by Crippen LogP contribution is 2.31. The standard InChI is InChI=1S/C24H21N3O5S/c1-32-19-11-9-18(10-12-19)27-23(28)21(15-16-5-3-2-4-6-16)22(24(27)29)26-17-7-13-20(14-8-17)33(25,30)31/h2-15,22,26H,1H3,(H2,25,30,31).